The molecule has 3 heterocycles. The molecule has 0 unspecified atom stereocenters. The molecule has 0 N–H and O–H groups in total. The highest BCUT2D eigenvalue weighted by molar-refractivity contribution is 5.84. The quantitative estimate of drug-likeness (QED) is 0.838. The highest BCUT2D eigenvalue weighted by Crippen LogP contribution is 2.40. The number of amides is 1. The number of anilines is 1. The smallest absolute Gasteiger partial charge is 0.266 e. The molecule has 1 spiro atoms. The Hall–Kier alpha value is -1.59. The van der Waals surface area contributed by atoms with E-state index in [1.54, 1.807) is 0 Å². The predicted octanol–water partition coefficient (Wildman–Crippen LogP) is 1.47. The van der Waals surface area contributed by atoms with Crippen molar-refractivity contribution in [2.45, 2.75) is 39.0 Å². The van der Waals surface area contributed by atoms with Gasteiger partial charge in [0, 0.05) is 33.1 Å². The third-order valence-corrected chi connectivity index (χ3v) is 4.51. The molecule has 0 aliphatic carbocycles. The first-order valence-electron chi connectivity index (χ1n) is 7.48. The summed E-state index contributed by atoms with van der Waals surface area (Å²) >= 11 is 0. The summed E-state index contributed by atoms with van der Waals surface area (Å²) in [5.74, 6) is 1.62. The molecular formula is C14H22N4O2. The molecule has 1 aromatic heterocycles. The molecule has 2 aliphatic heterocycles. The van der Waals surface area contributed by atoms with Crippen LogP contribution < -0.4 is 4.90 Å². The van der Waals surface area contributed by atoms with Gasteiger partial charge in [0.25, 0.3) is 5.95 Å². The van der Waals surface area contributed by atoms with E-state index in [-0.39, 0.29) is 11.3 Å². The van der Waals surface area contributed by atoms with Crippen LogP contribution in [-0.4, -0.2) is 47.6 Å². The molecule has 110 valence electrons. The molecule has 1 amide bonds. The molecule has 2 saturated heterocycles. The van der Waals surface area contributed by atoms with Crippen LogP contribution in [0.3, 0.4) is 0 Å². The van der Waals surface area contributed by atoms with Crippen LogP contribution >= 0.6 is 0 Å². The van der Waals surface area contributed by atoms with Crippen LogP contribution in [0.2, 0.25) is 0 Å². The minimum Gasteiger partial charge on any atom is -0.345 e. The van der Waals surface area contributed by atoms with Gasteiger partial charge in [-0.3, -0.25) is 4.79 Å². The van der Waals surface area contributed by atoms with Crippen molar-refractivity contribution in [2.24, 2.45) is 5.41 Å². The maximum absolute atomic E-state index is 12.5. The van der Waals surface area contributed by atoms with Crippen molar-refractivity contribution >= 4 is 11.9 Å². The highest BCUT2D eigenvalue weighted by Gasteiger charge is 2.48. The van der Waals surface area contributed by atoms with Gasteiger partial charge < -0.3 is 14.3 Å². The summed E-state index contributed by atoms with van der Waals surface area (Å²) in [7, 11) is 1.90. The van der Waals surface area contributed by atoms with Gasteiger partial charge in [-0.05, 0) is 30.8 Å². The molecule has 0 aromatic carbocycles. The summed E-state index contributed by atoms with van der Waals surface area (Å²) < 4.78 is 5.24. The van der Waals surface area contributed by atoms with Gasteiger partial charge in [0.15, 0.2) is 0 Å². The van der Waals surface area contributed by atoms with Crippen LogP contribution in [0.1, 0.15) is 38.5 Å². The second-order valence-electron chi connectivity index (χ2n) is 6.02. The van der Waals surface area contributed by atoms with Gasteiger partial charge in [0.05, 0.1) is 5.41 Å². The predicted molar refractivity (Wildman–Crippen MR) is 74.4 cm³/mol. The Morgan fingerprint density at radius 1 is 1.35 bits per heavy atom. The summed E-state index contributed by atoms with van der Waals surface area (Å²) in [6.07, 6.45) is 4.77. The Bertz CT molecular complexity index is 501. The lowest BCUT2D eigenvalue weighted by Crippen LogP contribution is -2.48. The van der Waals surface area contributed by atoms with E-state index in [0.29, 0.717) is 11.8 Å². The SMILES string of the molecule is CCCc1nc(N2CC[C@@]3(CCCN(C)C3=O)C2)no1. The molecule has 2 aliphatic rings. The van der Waals surface area contributed by atoms with Gasteiger partial charge in [0.2, 0.25) is 11.8 Å². The molecule has 3 rings (SSSR count). The van der Waals surface area contributed by atoms with Crippen molar-refractivity contribution < 1.29 is 9.32 Å². The second-order valence-corrected chi connectivity index (χ2v) is 6.02. The van der Waals surface area contributed by atoms with E-state index >= 15 is 0 Å². The fourth-order valence-corrected chi connectivity index (χ4v) is 3.38. The van der Waals surface area contributed by atoms with Gasteiger partial charge >= 0.3 is 0 Å². The molecule has 0 radical (unpaired) electrons. The molecule has 0 bridgehead atoms. The summed E-state index contributed by atoms with van der Waals surface area (Å²) in [6, 6.07) is 0. The normalized spacial score (nSPS) is 26.8. The topological polar surface area (TPSA) is 62.5 Å². The lowest BCUT2D eigenvalue weighted by molar-refractivity contribution is -0.143. The minimum absolute atomic E-state index is 0.224. The van der Waals surface area contributed by atoms with Gasteiger partial charge in [-0.25, -0.2) is 0 Å². The molecule has 6 heteroatoms. The van der Waals surface area contributed by atoms with Crippen molar-refractivity contribution in [3.05, 3.63) is 5.89 Å². The molecule has 0 saturated carbocycles. The third kappa shape index (κ3) is 2.17. The largest absolute Gasteiger partial charge is 0.345 e. The average molecular weight is 278 g/mol. The first kappa shape index (κ1) is 13.4. The molecular weight excluding hydrogens is 256 g/mol. The summed E-state index contributed by atoms with van der Waals surface area (Å²) in [4.78, 5) is 20.9. The number of aryl methyl sites for hydroxylation is 1. The van der Waals surface area contributed by atoms with E-state index < -0.39 is 0 Å². The maximum Gasteiger partial charge on any atom is 0.266 e. The first-order valence-corrected chi connectivity index (χ1v) is 7.48. The standard InChI is InChI=1S/C14H22N4O2/c1-3-5-11-15-13(16-20-11)18-9-7-14(10-18)6-4-8-17(2)12(14)19/h3-10H2,1-2H3/t14-/m0/s1. The van der Waals surface area contributed by atoms with E-state index in [1.165, 1.54) is 0 Å². The zero-order valence-electron chi connectivity index (χ0n) is 12.3. The molecule has 6 nitrogen and oxygen atoms in total. The zero-order valence-corrected chi connectivity index (χ0v) is 12.3. The zero-order chi connectivity index (χ0) is 14.2. The van der Waals surface area contributed by atoms with Crippen LogP contribution in [0.15, 0.2) is 4.52 Å². The number of rotatable bonds is 3. The van der Waals surface area contributed by atoms with Crippen LogP contribution in [0.25, 0.3) is 0 Å². The average Bonchev–Trinajstić information content (AvgIpc) is 3.04. The minimum atomic E-state index is -0.224. The van der Waals surface area contributed by atoms with Gasteiger partial charge in [0.1, 0.15) is 0 Å². The molecule has 20 heavy (non-hydrogen) atoms. The van der Waals surface area contributed by atoms with Crippen LogP contribution in [0, 0.1) is 5.41 Å². The van der Waals surface area contributed by atoms with Crippen molar-refractivity contribution in [3.63, 3.8) is 0 Å². The number of likely N-dealkylation sites (tertiary alicyclic amines) is 1. The Balaban J connectivity index is 1.73. The monoisotopic (exact) mass is 278 g/mol. The van der Waals surface area contributed by atoms with Gasteiger partial charge in [-0.2, -0.15) is 4.98 Å². The Kier molecular flexibility index (Phi) is 3.40. The highest BCUT2D eigenvalue weighted by atomic mass is 16.5. The third-order valence-electron chi connectivity index (χ3n) is 4.51. The molecule has 1 aromatic rings. The van der Waals surface area contributed by atoms with Crippen molar-refractivity contribution in [1.82, 2.24) is 15.0 Å². The molecule has 2 fully saturated rings. The van der Waals surface area contributed by atoms with Crippen LogP contribution in [0.5, 0.6) is 0 Å². The molecule has 1 atom stereocenters. The maximum atomic E-state index is 12.5. The van der Waals surface area contributed by atoms with E-state index in [1.807, 2.05) is 11.9 Å². The lowest BCUT2D eigenvalue weighted by Gasteiger charge is -2.37. The number of hydrogen-bond donors (Lipinski definition) is 0. The second kappa shape index (κ2) is 5.07. The fraction of sp³-hybridized carbons (Fsp3) is 0.786. The number of piperidine rings is 1. The van der Waals surface area contributed by atoms with E-state index in [4.69, 9.17) is 4.52 Å². The number of nitrogens with zero attached hydrogens (tertiary/aromatic N) is 4. The number of hydrogen-bond acceptors (Lipinski definition) is 5. The first-order chi connectivity index (χ1) is 9.64. The number of aromatic nitrogens is 2. The van der Waals surface area contributed by atoms with Crippen molar-refractivity contribution in [1.29, 1.82) is 0 Å². The van der Waals surface area contributed by atoms with Gasteiger partial charge in [-0.1, -0.05) is 6.92 Å². The van der Waals surface area contributed by atoms with E-state index in [0.717, 1.165) is 51.7 Å². The summed E-state index contributed by atoms with van der Waals surface area (Å²) in [6.45, 7) is 4.53. The Labute approximate surface area is 119 Å². The Morgan fingerprint density at radius 2 is 2.20 bits per heavy atom. The lowest BCUT2D eigenvalue weighted by atomic mass is 9.78. The Morgan fingerprint density at radius 3 is 3.00 bits per heavy atom. The van der Waals surface area contributed by atoms with E-state index in [2.05, 4.69) is 22.0 Å². The van der Waals surface area contributed by atoms with Crippen LogP contribution in [0.4, 0.5) is 5.95 Å². The summed E-state index contributed by atoms with van der Waals surface area (Å²) in [5.41, 5.74) is -0.224. The number of carbonyl (C=O) groups is 1. The number of carbonyl (C=O) groups excluding carboxylic acids is 1. The van der Waals surface area contributed by atoms with E-state index in [9.17, 15) is 4.79 Å². The van der Waals surface area contributed by atoms with Crippen molar-refractivity contribution in [3.8, 4) is 0 Å². The van der Waals surface area contributed by atoms with Crippen LogP contribution in [-0.2, 0) is 11.2 Å². The summed E-state index contributed by atoms with van der Waals surface area (Å²) in [5, 5.41) is 4.05. The fourth-order valence-electron chi connectivity index (χ4n) is 3.38. The van der Waals surface area contributed by atoms with Crippen molar-refractivity contribution in [2.75, 3.05) is 31.6 Å². The van der Waals surface area contributed by atoms with Gasteiger partial charge in [-0.15, -0.1) is 0 Å².